The van der Waals surface area contributed by atoms with Gasteiger partial charge in [-0.25, -0.2) is 4.98 Å². The number of aromatic nitrogens is 4. The second kappa shape index (κ2) is 10.7. The molecule has 2 amide bonds. The highest BCUT2D eigenvalue weighted by Gasteiger charge is 2.13. The molecule has 1 fully saturated rings. The number of rotatable bonds is 8. The lowest BCUT2D eigenvalue weighted by molar-refractivity contribution is -0.121. The Morgan fingerprint density at radius 1 is 1.08 bits per heavy atom. The van der Waals surface area contributed by atoms with E-state index in [0.717, 1.165) is 30.2 Å². The van der Waals surface area contributed by atoms with E-state index in [4.69, 9.17) is 9.47 Å². The first-order chi connectivity index (χ1) is 17.7. The summed E-state index contributed by atoms with van der Waals surface area (Å²) in [6, 6.07) is 16.5. The van der Waals surface area contributed by atoms with Crippen molar-refractivity contribution in [1.29, 1.82) is 0 Å². The molecule has 0 spiro atoms. The quantitative estimate of drug-likeness (QED) is 0.286. The summed E-state index contributed by atoms with van der Waals surface area (Å²) < 4.78 is 13.0. The second-order valence-corrected chi connectivity index (χ2v) is 7.83. The van der Waals surface area contributed by atoms with Crippen molar-refractivity contribution in [2.75, 3.05) is 36.5 Å². The first kappa shape index (κ1) is 23.0. The van der Waals surface area contributed by atoms with Gasteiger partial charge < -0.3 is 19.7 Å². The summed E-state index contributed by atoms with van der Waals surface area (Å²) in [5.74, 6) is 1.82. The molecule has 1 aliphatic heterocycles. The predicted octanol–water partition coefficient (Wildman–Crippen LogP) is 2.78. The number of amides is 2. The normalized spacial score (nSPS) is 13.6. The molecule has 182 valence electrons. The monoisotopic (exact) mass is 485 g/mol. The zero-order valence-electron chi connectivity index (χ0n) is 19.2. The van der Waals surface area contributed by atoms with Crippen LogP contribution in [0.25, 0.3) is 11.7 Å². The lowest BCUT2D eigenvalue weighted by Gasteiger charge is -2.27. The van der Waals surface area contributed by atoms with Crippen LogP contribution in [0.3, 0.4) is 0 Å². The summed E-state index contributed by atoms with van der Waals surface area (Å²) in [7, 11) is 0. The number of carbonyl (C=O) groups excluding carboxylic acids is 2. The number of ether oxygens (including phenoxy) is 2. The van der Waals surface area contributed by atoms with Crippen LogP contribution < -0.4 is 20.3 Å². The van der Waals surface area contributed by atoms with Gasteiger partial charge in [0.05, 0.1) is 25.1 Å². The first-order valence-corrected chi connectivity index (χ1v) is 11.3. The maximum atomic E-state index is 11.5. The summed E-state index contributed by atoms with van der Waals surface area (Å²) >= 11 is 0. The van der Waals surface area contributed by atoms with Gasteiger partial charge >= 0.3 is 0 Å². The fourth-order valence-corrected chi connectivity index (χ4v) is 3.66. The molecular weight excluding hydrogens is 462 g/mol. The minimum atomic E-state index is -0.505. The van der Waals surface area contributed by atoms with E-state index in [1.807, 2.05) is 30.3 Å². The van der Waals surface area contributed by atoms with Gasteiger partial charge in [0.1, 0.15) is 11.6 Å². The molecule has 2 N–H and O–H groups in total. The van der Waals surface area contributed by atoms with Crippen LogP contribution >= 0.6 is 0 Å². The Bertz CT molecular complexity index is 1400. The lowest BCUT2D eigenvalue weighted by Crippen LogP contribution is -2.36. The lowest BCUT2D eigenvalue weighted by atomic mass is 10.2. The molecule has 0 unspecified atom stereocenters. The number of hydrogen-bond acceptors (Lipinski definition) is 9. The Labute approximate surface area is 206 Å². The highest BCUT2D eigenvalue weighted by atomic mass is 16.5. The molecule has 0 saturated carbocycles. The third-order valence-corrected chi connectivity index (χ3v) is 5.37. The molecule has 0 aliphatic carbocycles. The third-order valence-electron chi connectivity index (χ3n) is 5.37. The van der Waals surface area contributed by atoms with E-state index in [2.05, 4.69) is 30.6 Å². The average Bonchev–Trinajstić information content (AvgIpc) is 3.32. The van der Waals surface area contributed by atoms with E-state index in [-0.39, 0.29) is 0 Å². The molecule has 1 aromatic carbocycles. The highest BCUT2D eigenvalue weighted by Crippen LogP contribution is 2.25. The number of imide groups is 1. The van der Waals surface area contributed by atoms with E-state index in [1.165, 1.54) is 6.08 Å². The molecule has 0 bridgehead atoms. The topological polar surface area (TPSA) is 123 Å². The second-order valence-electron chi connectivity index (χ2n) is 7.83. The largest absolute Gasteiger partial charge is 0.439 e. The zero-order valence-corrected chi connectivity index (χ0v) is 19.2. The Morgan fingerprint density at radius 3 is 2.75 bits per heavy atom. The fraction of sp³-hybridized carbons (Fsp3) is 0.160. The smallest absolute Gasteiger partial charge is 0.250 e. The van der Waals surface area contributed by atoms with Crippen molar-refractivity contribution in [2.24, 2.45) is 0 Å². The van der Waals surface area contributed by atoms with Crippen LogP contribution in [0.1, 0.15) is 5.56 Å². The number of morpholine rings is 1. The maximum Gasteiger partial charge on any atom is 0.250 e. The number of hydrogen-bond donors (Lipinski definition) is 2. The van der Waals surface area contributed by atoms with Gasteiger partial charge in [0.25, 0.3) is 0 Å². The van der Waals surface area contributed by atoms with Gasteiger partial charge in [-0.3, -0.25) is 14.9 Å². The van der Waals surface area contributed by atoms with Crippen LogP contribution in [0.2, 0.25) is 0 Å². The standard InChI is InChI=1S/C25H23N7O4/c33-17-27-23(34)10-7-18-3-1-4-20(15-18)36-24-6-2-5-22-29-25(30-32(22)24)28-19-8-9-21(26-16-19)31-11-13-35-14-12-31/h1-10,15-17H,11-14H2,(H,28,30)(H,27,33,34). The van der Waals surface area contributed by atoms with Crippen molar-refractivity contribution in [3.05, 3.63) is 72.4 Å². The number of benzene rings is 1. The van der Waals surface area contributed by atoms with Crippen molar-refractivity contribution in [2.45, 2.75) is 0 Å². The van der Waals surface area contributed by atoms with Crippen molar-refractivity contribution < 1.29 is 19.1 Å². The van der Waals surface area contributed by atoms with Crippen LogP contribution in [0.5, 0.6) is 11.6 Å². The molecule has 3 aromatic heterocycles. The summed E-state index contributed by atoms with van der Waals surface area (Å²) in [5, 5.41) is 9.77. The van der Waals surface area contributed by atoms with Gasteiger partial charge in [-0.15, -0.1) is 5.10 Å². The van der Waals surface area contributed by atoms with Crippen LogP contribution in [-0.2, 0) is 14.3 Å². The Morgan fingerprint density at radius 2 is 1.94 bits per heavy atom. The highest BCUT2D eigenvalue weighted by molar-refractivity contribution is 5.97. The van der Waals surface area contributed by atoms with Gasteiger partial charge in [0.2, 0.25) is 24.1 Å². The Balaban J connectivity index is 1.30. The van der Waals surface area contributed by atoms with Crippen LogP contribution in [0.15, 0.2) is 66.9 Å². The number of nitrogens with one attached hydrogen (secondary N) is 2. The van der Waals surface area contributed by atoms with E-state index in [9.17, 15) is 9.59 Å². The molecule has 1 saturated heterocycles. The minimum absolute atomic E-state index is 0.338. The summed E-state index contributed by atoms with van der Waals surface area (Å²) in [6.07, 6.45) is 4.95. The molecule has 4 heterocycles. The number of anilines is 3. The summed E-state index contributed by atoms with van der Waals surface area (Å²) in [5.41, 5.74) is 2.10. The van der Waals surface area contributed by atoms with Crippen LogP contribution in [0.4, 0.5) is 17.5 Å². The molecular formula is C25H23N7O4. The van der Waals surface area contributed by atoms with Crippen LogP contribution in [0, 0.1) is 0 Å². The van der Waals surface area contributed by atoms with Crippen molar-refractivity contribution in [3.63, 3.8) is 0 Å². The fourth-order valence-electron chi connectivity index (χ4n) is 3.66. The van der Waals surface area contributed by atoms with Crippen molar-refractivity contribution in [1.82, 2.24) is 24.9 Å². The van der Waals surface area contributed by atoms with Gasteiger partial charge in [-0.1, -0.05) is 18.2 Å². The van der Waals surface area contributed by atoms with Crippen molar-refractivity contribution >= 4 is 41.5 Å². The molecule has 11 nitrogen and oxygen atoms in total. The van der Waals surface area contributed by atoms with Crippen LogP contribution in [-0.4, -0.2) is 58.2 Å². The molecule has 36 heavy (non-hydrogen) atoms. The molecule has 1 aliphatic rings. The average molecular weight is 486 g/mol. The van der Waals surface area contributed by atoms with Crippen molar-refractivity contribution in [3.8, 4) is 11.6 Å². The molecule has 0 radical (unpaired) electrons. The maximum absolute atomic E-state index is 11.5. The molecule has 0 atom stereocenters. The van der Waals surface area contributed by atoms with Gasteiger partial charge in [0.15, 0.2) is 5.65 Å². The van der Waals surface area contributed by atoms with Gasteiger partial charge in [-0.2, -0.15) is 9.50 Å². The van der Waals surface area contributed by atoms with Gasteiger partial charge in [0, 0.05) is 25.2 Å². The van der Waals surface area contributed by atoms with E-state index < -0.39 is 5.91 Å². The summed E-state index contributed by atoms with van der Waals surface area (Å²) in [4.78, 5) is 33.1. The zero-order chi connectivity index (χ0) is 24.7. The predicted molar refractivity (Wildman–Crippen MR) is 133 cm³/mol. The first-order valence-electron chi connectivity index (χ1n) is 11.3. The minimum Gasteiger partial charge on any atom is -0.439 e. The van der Waals surface area contributed by atoms with E-state index in [0.29, 0.717) is 42.8 Å². The number of carbonyl (C=O) groups is 2. The number of pyridine rings is 2. The van der Waals surface area contributed by atoms with Gasteiger partial charge in [-0.05, 0) is 42.0 Å². The van der Waals surface area contributed by atoms with E-state index >= 15 is 0 Å². The molecule has 11 heteroatoms. The Kier molecular flexibility index (Phi) is 6.81. The summed E-state index contributed by atoms with van der Waals surface area (Å²) in [6.45, 7) is 3.06. The number of fused-ring (bicyclic) bond motifs is 1. The molecule has 4 aromatic rings. The third kappa shape index (κ3) is 5.47. The van der Waals surface area contributed by atoms with E-state index in [1.54, 1.807) is 41.1 Å². The number of nitrogens with zero attached hydrogens (tertiary/aromatic N) is 5. The Hall–Kier alpha value is -4.77. The molecule has 5 rings (SSSR count). The SMILES string of the molecule is O=CNC(=O)C=Cc1cccc(Oc2cccc3nc(Nc4ccc(N5CCOCC5)nc4)nn23)c1.